The molecule has 28 heavy (non-hydrogen) atoms. The number of hydrogen-bond acceptors (Lipinski definition) is 5. The molecule has 0 bridgehead atoms. The lowest BCUT2D eigenvalue weighted by molar-refractivity contribution is -0.116. The molecule has 150 valence electrons. The van der Waals surface area contributed by atoms with Gasteiger partial charge < -0.3 is 19.5 Å². The molecule has 0 aliphatic carbocycles. The van der Waals surface area contributed by atoms with Crippen LogP contribution >= 0.6 is 0 Å². The summed E-state index contributed by atoms with van der Waals surface area (Å²) in [5.74, 6) is 0.448. The number of methoxy groups -OCH3 is 1. The van der Waals surface area contributed by atoms with E-state index in [4.69, 9.17) is 4.74 Å². The third-order valence-corrected chi connectivity index (χ3v) is 4.48. The van der Waals surface area contributed by atoms with E-state index in [9.17, 15) is 14.4 Å². The molecule has 0 radical (unpaired) electrons. The highest BCUT2D eigenvalue weighted by molar-refractivity contribution is 5.91. The van der Waals surface area contributed by atoms with Gasteiger partial charge in [0.05, 0.1) is 18.7 Å². The van der Waals surface area contributed by atoms with Gasteiger partial charge in [0.2, 0.25) is 5.91 Å². The number of aromatic nitrogens is 2. The Morgan fingerprint density at radius 1 is 1.21 bits per heavy atom. The molecule has 0 spiro atoms. The average molecular weight is 386 g/mol. The van der Waals surface area contributed by atoms with Gasteiger partial charge in [-0.25, -0.2) is 4.79 Å². The smallest absolute Gasteiger partial charge is 0.330 e. The van der Waals surface area contributed by atoms with Crippen LogP contribution in [0.5, 0.6) is 5.75 Å². The summed E-state index contributed by atoms with van der Waals surface area (Å²) in [5.41, 5.74) is 0.442. The predicted molar refractivity (Wildman–Crippen MR) is 108 cm³/mol. The van der Waals surface area contributed by atoms with Crippen LogP contribution in [-0.2, 0) is 18.9 Å². The molecular formula is C20H26N4O4. The fourth-order valence-electron chi connectivity index (χ4n) is 2.80. The van der Waals surface area contributed by atoms with Gasteiger partial charge >= 0.3 is 5.69 Å². The number of rotatable bonds is 7. The van der Waals surface area contributed by atoms with Gasteiger partial charge in [0.15, 0.2) is 0 Å². The van der Waals surface area contributed by atoms with Crippen molar-refractivity contribution >= 4 is 12.0 Å². The molecule has 1 amide bonds. The van der Waals surface area contributed by atoms with Crippen molar-refractivity contribution in [1.29, 1.82) is 0 Å². The van der Waals surface area contributed by atoms with Gasteiger partial charge in [-0.2, -0.15) is 0 Å². The molecule has 1 aromatic heterocycles. The fourth-order valence-corrected chi connectivity index (χ4v) is 2.80. The number of likely N-dealkylation sites (N-methyl/N-ethyl adjacent to an activating group) is 1. The highest BCUT2D eigenvalue weighted by atomic mass is 16.5. The van der Waals surface area contributed by atoms with Gasteiger partial charge in [-0.1, -0.05) is 12.1 Å². The number of carbonyl (C=O) groups excluding carboxylic acids is 1. The van der Waals surface area contributed by atoms with Crippen molar-refractivity contribution in [2.75, 3.05) is 27.7 Å². The average Bonchev–Trinajstić information content (AvgIpc) is 2.68. The molecule has 0 aliphatic rings. The Kier molecular flexibility index (Phi) is 6.94. The number of hydrogen-bond donors (Lipinski definition) is 1. The second-order valence-electron chi connectivity index (χ2n) is 6.67. The minimum absolute atomic E-state index is 0.0197. The number of nitrogens with one attached hydrogen (secondary N) is 1. The zero-order valence-electron chi connectivity index (χ0n) is 16.8. The normalized spacial score (nSPS) is 12.4. The van der Waals surface area contributed by atoms with E-state index >= 15 is 0 Å². The first-order valence-corrected chi connectivity index (χ1v) is 8.77. The second kappa shape index (κ2) is 9.18. The third-order valence-electron chi connectivity index (χ3n) is 4.48. The van der Waals surface area contributed by atoms with Crippen LogP contribution in [0.15, 0.2) is 46.1 Å². The molecule has 1 atom stereocenters. The number of carbonyl (C=O) groups is 1. The topological polar surface area (TPSA) is 85.6 Å². The molecule has 2 aromatic rings. The van der Waals surface area contributed by atoms with E-state index in [0.717, 1.165) is 15.9 Å². The molecule has 0 fully saturated rings. The molecular weight excluding hydrogens is 360 g/mol. The Bertz CT molecular complexity index is 971. The number of amides is 1. The maximum absolute atomic E-state index is 12.2. The molecule has 0 saturated heterocycles. The van der Waals surface area contributed by atoms with Gasteiger partial charge in [-0.3, -0.25) is 14.2 Å². The summed E-state index contributed by atoms with van der Waals surface area (Å²) < 4.78 is 7.47. The molecule has 1 aromatic carbocycles. The molecule has 1 unspecified atom stereocenters. The van der Waals surface area contributed by atoms with Crippen molar-refractivity contribution in [1.82, 2.24) is 19.4 Å². The number of benzene rings is 1. The summed E-state index contributed by atoms with van der Waals surface area (Å²) in [7, 11) is 8.44. The Hall–Kier alpha value is -3.13. The first kappa shape index (κ1) is 21.2. The van der Waals surface area contributed by atoms with E-state index in [2.05, 4.69) is 5.32 Å². The van der Waals surface area contributed by atoms with Crippen LogP contribution in [0, 0.1) is 0 Å². The molecule has 8 nitrogen and oxygen atoms in total. The lowest BCUT2D eigenvalue weighted by Crippen LogP contribution is -2.37. The second-order valence-corrected chi connectivity index (χ2v) is 6.67. The summed E-state index contributed by atoms with van der Waals surface area (Å²) >= 11 is 0. The molecule has 0 saturated carbocycles. The van der Waals surface area contributed by atoms with E-state index in [-0.39, 0.29) is 17.5 Å². The Balaban J connectivity index is 2.08. The van der Waals surface area contributed by atoms with E-state index < -0.39 is 11.2 Å². The fraction of sp³-hybridized carbons (Fsp3) is 0.350. The highest BCUT2D eigenvalue weighted by Gasteiger charge is 2.15. The quantitative estimate of drug-likeness (QED) is 0.702. The number of ether oxygens (including phenoxy) is 1. The zero-order valence-corrected chi connectivity index (χ0v) is 16.8. The number of nitrogens with zero attached hydrogens (tertiary/aromatic N) is 3. The van der Waals surface area contributed by atoms with E-state index in [1.165, 1.54) is 30.0 Å². The highest BCUT2D eigenvalue weighted by Crippen LogP contribution is 2.20. The maximum Gasteiger partial charge on any atom is 0.330 e. The Morgan fingerprint density at radius 2 is 1.86 bits per heavy atom. The van der Waals surface area contributed by atoms with E-state index in [0.29, 0.717) is 6.54 Å². The maximum atomic E-state index is 12.2. The van der Waals surface area contributed by atoms with Crippen molar-refractivity contribution in [3.8, 4) is 5.75 Å². The van der Waals surface area contributed by atoms with Crippen LogP contribution in [0.25, 0.3) is 6.08 Å². The molecule has 8 heteroatoms. The molecule has 1 N–H and O–H groups in total. The standard InChI is InChI=1S/C20H26N4O4/c1-22(2)17(14-6-9-16(28-5)10-7-14)12-21-18(25)11-8-15-13-23(3)20(27)24(4)19(15)26/h6-11,13,17H,12H2,1-5H3,(H,21,25)/b11-8+. The van der Waals surface area contributed by atoms with Crippen LogP contribution in [0.3, 0.4) is 0 Å². The van der Waals surface area contributed by atoms with Crippen molar-refractivity contribution < 1.29 is 9.53 Å². The first-order valence-electron chi connectivity index (χ1n) is 8.77. The summed E-state index contributed by atoms with van der Waals surface area (Å²) in [6, 6.07) is 7.65. The lowest BCUT2D eigenvalue weighted by Gasteiger charge is -2.25. The van der Waals surface area contributed by atoms with Gasteiger partial charge in [0.25, 0.3) is 5.56 Å². The third kappa shape index (κ3) is 4.98. The van der Waals surface area contributed by atoms with Gasteiger partial charge in [0.1, 0.15) is 5.75 Å². The summed E-state index contributed by atoms with van der Waals surface area (Å²) in [4.78, 5) is 38.0. The van der Waals surface area contributed by atoms with Crippen LogP contribution in [0.4, 0.5) is 0 Å². The van der Waals surface area contributed by atoms with E-state index in [1.807, 2.05) is 43.3 Å². The van der Waals surface area contributed by atoms with Crippen LogP contribution in [0.2, 0.25) is 0 Å². The minimum atomic E-state index is -0.448. The van der Waals surface area contributed by atoms with Gasteiger partial charge in [-0.05, 0) is 37.9 Å². The SMILES string of the molecule is COc1ccc(C(CNC(=O)/C=C/c2cn(C)c(=O)n(C)c2=O)N(C)C)cc1. The van der Waals surface area contributed by atoms with E-state index in [1.54, 1.807) is 14.2 Å². The van der Waals surface area contributed by atoms with Crippen LogP contribution in [-0.4, -0.2) is 47.7 Å². The largest absolute Gasteiger partial charge is 0.497 e. The Morgan fingerprint density at radius 3 is 2.43 bits per heavy atom. The summed E-state index contributed by atoms with van der Waals surface area (Å²) in [6.45, 7) is 0.397. The van der Waals surface area contributed by atoms with Crippen molar-refractivity contribution in [2.45, 2.75) is 6.04 Å². The minimum Gasteiger partial charge on any atom is -0.497 e. The molecule has 0 aliphatic heterocycles. The van der Waals surface area contributed by atoms with Gasteiger partial charge in [0, 0.05) is 32.9 Å². The lowest BCUT2D eigenvalue weighted by atomic mass is 10.1. The first-order chi connectivity index (χ1) is 13.2. The number of aryl methyl sites for hydroxylation is 1. The van der Waals surface area contributed by atoms with Crippen molar-refractivity contribution in [2.24, 2.45) is 14.1 Å². The van der Waals surface area contributed by atoms with Crippen molar-refractivity contribution in [3.05, 3.63) is 68.5 Å². The zero-order chi connectivity index (χ0) is 20.8. The van der Waals surface area contributed by atoms with Crippen molar-refractivity contribution in [3.63, 3.8) is 0 Å². The monoisotopic (exact) mass is 386 g/mol. The predicted octanol–water partition coefficient (Wildman–Crippen LogP) is 0.525. The molecule has 2 rings (SSSR count). The van der Waals surface area contributed by atoms with Crippen LogP contribution in [0.1, 0.15) is 17.2 Å². The van der Waals surface area contributed by atoms with Crippen LogP contribution < -0.4 is 21.3 Å². The van der Waals surface area contributed by atoms with Gasteiger partial charge in [-0.15, -0.1) is 0 Å². The molecule has 1 heterocycles. The summed E-state index contributed by atoms with van der Waals surface area (Å²) in [5, 5.41) is 2.85. The Labute approximate surface area is 163 Å². The summed E-state index contributed by atoms with van der Waals surface area (Å²) in [6.07, 6.45) is 4.12.